The largest absolute Gasteiger partial charge is 0.462 e. The number of benzene rings is 2. The van der Waals surface area contributed by atoms with Crippen LogP contribution in [-0.4, -0.2) is 83.1 Å². The number of piperazine rings is 1. The van der Waals surface area contributed by atoms with Crippen LogP contribution in [0, 0.1) is 11.6 Å². The lowest BCUT2D eigenvalue weighted by Crippen LogP contribution is -2.48. The molecular formula is C32H35F2N7O2S. The van der Waals surface area contributed by atoms with Crippen molar-refractivity contribution < 1.29 is 18.3 Å². The van der Waals surface area contributed by atoms with Gasteiger partial charge in [-0.25, -0.2) is 13.8 Å². The van der Waals surface area contributed by atoms with Crippen molar-refractivity contribution in [3.63, 3.8) is 0 Å². The van der Waals surface area contributed by atoms with Crippen molar-refractivity contribution in [2.45, 2.75) is 44.1 Å². The summed E-state index contributed by atoms with van der Waals surface area (Å²) < 4.78 is 38.4. The van der Waals surface area contributed by atoms with Crippen LogP contribution in [-0.2, 0) is 4.79 Å². The van der Waals surface area contributed by atoms with E-state index in [1.54, 1.807) is 11.0 Å². The fraction of sp³-hybridized carbons (Fsp3) is 0.438. The quantitative estimate of drug-likeness (QED) is 0.277. The second-order valence-corrected chi connectivity index (χ2v) is 13.0. The summed E-state index contributed by atoms with van der Waals surface area (Å²) in [4.78, 5) is 32.3. The van der Waals surface area contributed by atoms with Crippen LogP contribution in [0.4, 0.5) is 19.7 Å². The van der Waals surface area contributed by atoms with E-state index >= 15 is 4.39 Å². The third kappa shape index (κ3) is 5.03. The number of carbonyl (C=O) groups excluding carboxylic acids is 1. The number of fused-ring (bicyclic) bond motifs is 2. The minimum atomic E-state index is -0.504. The van der Waals surface area contributed by atoms with Crippen LogP contribution in [0.15, 0.2) is 30.9 Å². The first-order chi connectivity index (χ1) is 21.3. The van der Waals surface area contributed by atoms with E-state index in [0.29, 0.717) is 65.3 Å². The molecule has 1 unspecified atom stereocenters. The molecule has 1 atom stereocenters. The summed E-state index contributed by atoms with van der Waals surface area (Å²) in [5.41, 5.74) is 8.22. The highest BCUT2D eigenvalue weighted by molar-refractivity contribution is 7.22. The fourth-order valence-electron chi connectivity index (χ4n) is 6.65. The second-order valence-electron chi connectivity index (χ2n) is 11.9. The first-order valence-electron chi connectivity index (χ1n) is 15.2. The molecule has 3 fully saturated rings. The number of aromatic nitrogens is 3. The van der Waals surface area contributed by atoms with Gasteiger partial charge in [0, 0.05) is 48.7 Å². The predicted octanol–water partition coefficient (Wildman–Crippen LogP) is 5.34. The molecule has 0 spiro atoms. The first-order valence-corrected chi connectivity index (χ1v) is 16.0. The highest BCUT2D eigenvalue weighted by Gasteiger charge is 2.32. The van der Waals surface area contributed by atoms with Crippen LogP contribution in [0.1, 0.15) is 43.6 Å². The topological polar surface area (TPSA) is 101 Å². The van der Waals surface area contributed by atoms with Gasteiger partial charge in [0.25, 0.3) is 0 Å². The van der Waals surface area contributed by atoms with Gasteiger partial charge in [-0.2, -0.15) is 9.97 Å². The molecule has 2 aromatic heterocycles. The number of thiazole rings is 1. The Labute approximate surface area is 258 Å². The lowest BCUT2D eigenvalue weighted by atomic mass is 9.76. The fourth-order valence-corrected chi connectivity index (χ4v) is 7.42. The van der Waals surface area contributed by atoms with E-state index < -0.39 is 11.6 Å². The number of hydrogen-bond acceptors (Lipinski definition) is 9. The van der Waals surface area contributed by atoms with E-state index in [1.807, 2.05) is 6.07 Å². The molecule has 3 aliphatic rings. The molecule has 230 valence electrons. The SMILES string of the molecule is C=CC(=O)N1CCN(c2nc(OCC3CCCN3C)nc3c(F)c(-c4ccc(F)c5sc(N)nc45)c(C4CCC4)cc23)CC1. The molecule has 1 saturated carbocycles. The summed E-state index contributed by atoms with van der Waals surface area (Å²) in [7, 11) is 2.07. The summed E-state index contributed by atoms with van der Waals surface area (Å²) in [5.74, 6) is -0.322. The van der Waals surface area contributed by atoms with E-state index in [9.17, 15) is 9.18 Å². The Hall–Kier alpha value is -3.90. The van der Waals surface area contributed by atoms with E-state index in [0.717, 1.165) is 55.5 Å². The van der Waals surface area contributed by atoms with Crippen LogP contribution in [0.5, 0.6) is 6.01 Å². The standard InChI is InChI=1S/C32H35F2N7O2S/c1-3-24(42)40-12-14-41(15-13-40)30-22-16-21(18-6-4-7-18)25(20-9-10-23(33)29-28(20)36-31(35)44-29)26(34)27(22)37-32(38-30)43-17-19-8-5-11-39(19)2/h3,9-10,16,18-19H,1,4-8,11-15,17H2,2H3,(H2,35,36). The van der Waals surface area contributed by atoms with Gasteiger partial charge in [-0.05, 0) is 75.0 Å². The molecule has 1 aliphatic carbocycles. The Morgan fingerprint density at radius 2 is 1.89 bits per heavy atom. The smallest absolute Gasteiger partial charge is 0.319 e. The number of anilines is 2. The van der Waals surface area contributed by atoms with Gasteiger partial charge in [0.05, 0.1) is 10.2 Å². The van der Waals surface area contributed by atoms with Crippen molar-refractivity contribution in [3.8, 4) is 17.1 Å². The van der Waals surface area contributed by atoms with Crippen molar-refractivity contribution in [2.75, 3.05) is 57.0 Å². The average Bonchev–Trinajstić information content (AvgIpc) is 3.60. The van der Waals surface area contributed by atoms with Gasteiger partial charge in [0.2, 0.25) is 5.91 Å². The lowest BCUT2D eigenvalue weighted by Gasteiger charge is -2.36. The molecule has 2 aromatic carbocycles. The Morgan fingerprint density at radius 3 is 2.57 bits per heavy atom. The maximum absolute atomic E-state index is 17.1. The van der Waals surface area contributed by atoms with E-state index in [4.69, 9.17) is 15.5 Å². The third-order valence-electron chi connectivity index (χ3n) is 9.39. The van der Waals surface area contributed by atoms with Crippen LogP contribution >= 0.6 is 11.3 Å². The van der Waals surface area contributed by atoms with Crippen LogP contribution < -0.4 is 15.4 Å². The number of nitrogens with two attached hydrogens (primary N) is 1. The number of ether oxygens (including phenoxy) is 1. The monoisotopic (exact) mass is 619 g/mol. The summed E-state index contributed by atoms with van der Waals surface area (Å²) in [6, 6.07) is 5.30. The first kappa shape index (κ1) is 28.8. The Bertz CT molecular complexity index is 1770. The number of amides is 1. The maximum Gasteiger partial charge on any atom is 0.319 e. The van der Waals surface area contributed by atoms with Crippen molar-refractivity contribution >= 4 is 49.3 Å². The van der Waals surface area contributed by atoms with E-state index in [2.05, 4.69) is 33.4 Å². The molecule has 4 aromatic rings. The number of likely N-dealkylation sites (N-methyl/N-ethyl adjacent to an activating group) is 1. The van der Waals surface area contributed by atoms with Crippen molar-refractivity contribution in [3.05, 3.63) is 48.1 Å². The number of nitrogen functional groups attached to an aromatic ring is 1. The zero-order valence-corrected chi connectivity index (χ0v) is 25.5. The van der Waals surface area contributed by atoms with Gasteiger partial charge in [0.1, 0.15) is 23.8 Å². The molecule has 2 saturated heterocycles. The van der Waals surface area contributed by atoms with E-state index in [-0.39, 0.29) is 34.5 Å². The summed E-state index contributed by atoms with van der Waals surface area (Å²) in [6.07, 6.45) is 6.34. The van der Waals surface area contributed by atoms with Crippen LogP contribution in [0.2, 0.25) is 0 Å². The second kappa shape index (κ2) is 11.6. The highest BCUT2D eigenvalue weighted by atomic mass is 32.1. The molecule has 4 heterocycles. The van der Waals surface area contributed by atoms with Crippen LogP contribution in [0.25, 0.3) is 32.2 Å². The Kier molecular flexibility index (Phi) is 7.57. The number of rotatable bonds is 7. The zero-order valence-electron chi connectivity index (χ0n) is 24.7. The van der Waals surface area contributed by atoms with Gasteiger partial charge < -0.3 is 25.2 Å². The Balaban J connectivity index is 1.39. The summed E-state index contributed by atoms with van der Waals surface area (Å²) in [6.45, 7) is 7.05. The molecule has 0 bridgehead atoms. The minimum absolute atomic E-state index is 0.112. The number of likely N-dealkylation sites (tertiary alicyclic amines) is 1. The van der Waals surface area contributed by atoms with Crippen molar-refractivity contribution in [1.82, 2.24) is 24.8 Å². The molecule has 0 radical (unpaired) electrons. The van der Waals surface area contributed by atoms with Crippen molar-refractivity contribution in [1.29, 1.82) is 0 Å². The molecule has 2 aliphatic heterocycles. The highest BCUT2D eigenvalue weighted by Crippen LogP contribution is 2.47. The number of carbonyl (C=O) groups is 1. The molecule has 9 nitrogen and oxygen atoms in total. The molecule has 2 N–H and O–H groups in total. The molecule has 44 heavy (non-hydrogen) atoms. The van der Waals surface area contributed by atoms with Gasteiger partial charge in [0.15, 0.2) is 10.9 Å². The molecule has 1 amide bonds. The van der Waals surface area contributed by atoms with E-state index in [1.165, 1.54) is 12.1 Å². The van der Waals surface area contributed by atoms with Crippen LogP contribution in [0.3, 0.4) is 0 Å². The minimum Gasteiger partial charge on any atom is -0.462 e. The number of nitrogens with zero attached hydrogens (tertiary/aromatic N) is 6. The van der Waals surface area contributed by atoms with Crippen molar-refractivity contribution in [2.24, 2.45) is 0 Å². The summed E-state index contributed by atoms with van der Waals surface area (Å²) in [5, 5.41) is 0.821. The molecule has 7 rings (SSSR count). The van der Waals surface area contributed by atoms with Gasteiger partial charge in [-0.3, -0.25) is 4.79 Å². The number of hydrogen-bond donors (Lipinski definition) is 1. The molecular weight excluding hydrogens is 584 g/mol. The maximum atomic E-state index is 17.1. The average molecular weight is 620 g/mol. The normalized spacial score (nSPS) is 19.6. The number of halogens is 2. The van der Waals surface area contributed by atoms with Gasteiger partial charge in [-0.15, -0.1) is 0 Å². The zero-order chi connectivity index (χ0) is 30.5. The Morgan fingerprint density at radius 1 is 1.09 bits per heavy atom. The lowest BCUT2D eigenvalue weighted by molar-refractivity contribution is -0.126. The van der Waals surface area contributed by atoms with Gasteiger partial charge in [-0.1, -0.05) is 24.3 Å². The van der Waals surface area contributed by atoms with Gasteiger partial charge >= 0.3 is 6.01 Å². The predicted molar refractivity (Wildman–Crippen MR) is 169 cm³/mol. The summed E-state index contributed by atoms with van der Waals surface area (Å²) >= 11 is 1.06. The third-order valence-corrected chi connectivity index (χ3v) is 10.3. The molecule has 12 heteroatoms.